The summed E-state index contributed by atoms with van der Waals surface area (Å²) in [6.07, 6.45) is 0. The smallest absolute Gasteiger partial charge is 0.227 e. The molecule has 0 amide bonds. The molecule has 2 rings (SSSR count). The summed E-state index contributed by atoms with van der Waals surface area (Å²) >= 11 is 1.65. The number of anilines is 1. The van der Waals surface area contributed by atoms with Crippen LogP contribution in [0.3, 0.4) is 0 Å². The number of rotatable bonds is 2. The Hall–Kier alpha value is -1.36. The summed E-state index contributed by atoms with van der Waals surface area (Å²) in [5.41, 5.74) is -0.262. The molecule has 2 aromatic rings. The highest BCUT2D eigenvalue weighted by atomic mass is 32.1. The third-order valence-electron chi connectivity index (χ3n) is 2.11. The fourth-order valence-electron chi connectivity index (χ4n) is 1.50. The molecule has 0 aliphatic rings. The van der Waals surface area contributed by atoms with Crippen molar-refractivity contribution >= 4 is 27.5 Å². The van der Waals surface area contributed by atoms with E-state index in [1.54, 1.807) is 11.3 Å². The summed E-state index contributed by atoms with van der Waals surface area (Å²) in [6, 6.07) is 2.07. The third-order valence-corrected chi connectivity index (χ3v) is 3.05. The van der Waals surface area contributed by atoms with Gasteiger partial charge in [-0.05, 0) is 33.8 Å². The van der Waals surface area contributed by atoms with Crippen molar-refractivity contribution in [1.29, 1.82) is 0 Å². The van der Waals surface area contributed by atoms with Gasteiger partial charge in [0.2, 0.25) is 11.8 Å². The molecule has 0 unspecified atom stereocenters. The Bertz CT molecular complexity index is 542. The molecule has 2 heterocycles. The Kier molecular flexibility index (Phi) is 2.95. The lowest BCUT2D eigenvalue weighted by Crippen LogP contribution is -2.23. The minimum atomic E-state index is -0.262. The molecular formula is C12H17N3OS. The van der Waals surface area contributed by atoms with Crippen molar-refractivity contribution < 1.29 is 4.74 Å². The summed E-state index contributed by atoms with van der Waals surface area (Å²) in [7, 11) is 1.81. The maximum atomic E-state index is 5.89. The Labute approximate surface area is 105 Å². The third kappa shape index (κ3) is 2.66. The molecule has 0 aromatic carbocycles. The lowest BCUT2D eigenvalue weighted by molar-refractivity contribution is 0.126. The van der Waals surface area contributed by atoms with E-state index < -0.39 is 0 Å². The number of hydrogen-bond donors (Lipinski definition) is 1. The molecule has 4 nitrogen and oxygen atoms in total. The van der Waals surface area contributed by atoms with Crippen LogP contribution in [0.4, 0.5) is 5.95 Å². The summed E-state index contributed by atoms with van der Waals surface area (Å²) in [4.78, 5) is 11.0. The average molecular weight is 251 g/mol. The fourth-order valence-corrected chi connectivity index (χ4v) is 2.37. The van der Waals surface area contributed by atoms with Gasteiger partial charge in [0.1, 0.15) is 10.4 Å². The number of fused-ring (bicyclic) bond motifs is 1. The van der Waals surface area contributed by atoms with Crippen LogP contribution < -0.4 is 10.1 Å². The van der Waals surface area contributed by atoms with Gasteiger partial charge in [0.05, 0.1) is 5.39 Å². The zero-order chi connectivity index (χ0) is 12.6. The first-order chi connectivity index (χ1) is 7.89. The topological polar surface area (TPSA) is 47.0 Å². The minimum Gasteiger partial charge on any atom is -0.471 e. The summed E-state index contributed by atoms with van der Waals surface area (Å²) < 4.78 is 5.89. The summed E-state index contributed by atoms with van der Waals surface area (Å²) in [6.45, 7) is 8.10. The predicted molar refractivity (Wildman–Crippen MR) is 72.1 cm³/mol. The molecule has 92 valence electrons. The van der Waals surface area contributed by atoms with E-state index in [2.05, 4.69) is 28.3 Å². The SMILES string of the molecule is CNc1nc(OC(C)(C)C)c2cc(C)sc2n1. The number of hydrogen-bond acceptors (Lipinski definition) is 5. The first-order valence-corrected chi connectivity index (χ1v) is 6.35. The molecule has 1 N–H and O–H groups in total. The van der Waals surface area contributed by atoms with E-state index in [1.807, 2.05) is 27.8 Å². The average Bonchev–Trinajstić information content (AvgIpc) is 2.56. The predicted octanol–water partition coefficient (Wildman–Crippen LogP) is 3.22. The van der Waals surface area contributed by atoms with Crippen molar-refractivity contribution in [2.24, 2.45) is 0 Å². The molecule has 0 spiro atoms. The van der Waals surface area contributed by atoms with Crippen molar-refractivity contribution in [3.63, 3.8) is 0 Å². The molecule has 0 radical (unpaired) electrons. The number of nitrogens with one attached hydrogen (secondary N) is 1. The van der Waals surface area contributed by atoms with Crippen LogP contribution in [0, 0.1) is 6.92 Å². The van der Waals surface area contributed by atoms with Crippen LogP contribution in [-0.2, 0) is 0 Å². The van der Waals surface area contributed by atoms with Crippen molar-refractivity contribution in [2.75, 3.05) is 12.4 Å². The van der Waals surface area contributed by atoms with Crippen LogP contribution in [0.15, 0.2) is 6.07 Å². The number of ether oxygens (including phenoxy) is 1. The van der Waals surface area contributed by atoms with Crippen molar-refractivity contribution in [3.8, 4) is 5.88 Å². The maximum Gasteiger partial charge on any atom is 0.227 e. The minimum absolute atomic E-state index is 0.262. The zero-order valence-corrected chi connectivity index (χ0v) is 11.6. The fraction of sp³-hybridized carbons (Fsp3) is 0.500. The molecule has 0 bridgehead atoms. The molecule has 17 heavy (non-hydrogen) atoms. The summed E-state index contributed by atoms with van der Waals surface area (Å²) in [5, 5.41) is 3.95. The van der Waals surface area contributed by atoms with Gasteiger partial charge in [-0.1, -0.05) is 0 Å². The zero-order valence-electron chi connectivity index (χ0n) is 10.8. The maximum absolute atomic E-state index is 5.89. The number of nitrogens with zero attached hydrogens (tertiary/aromatic N) is 2. The van der Waals surface area contributed by atoms with Crippen LogP contribution in [-0.4, -0.2) is 22.6 Å². The molecule has 0 aliphatic carbocycles. The first kappa shape index (κ1) is 12.1. The van der Waals surface area contributed by atoms with Crippen LogP contribution in [0.2, 0.25) is 0 Å². The van der Waals surface area contributed by atoms with E-state index in [0.717, 1.165) is 10.2 Å². The lowest BCUT2D eigenvalue weighted by Gasteiger charge is -2.20. The number of aromatic nitrogens is 2. The molecule has 0 fully saturated rings. The molecule has 0 aliphatic heterocycles. The molecule has 5 heteroatoms. The first-order valence-electron chi connectivity index (χ1n) is 5.54. The van der Waals surface area contributed by atoms with Gasteiger partial charge >= 0.3 is 0 Å². The second kappa shape index (κ2) is 4.14. The van der Waals surface area contributed by atoms with E-state index >= 15 is 0 Å². The van der Waals surface area contributed by atoms with Crippen LogP contribution in [0.5, 0.6) is 5.88 Å². The van der Waals surface area contributed by atoms with E-state index in [0.29, 0.717) is 11.8 Å². The van der Waals surface area contributed by atoms with E-state index in [-0.39, 0.29) is 5.60 Å². The largest absolute Gasteiger partial charge is 0.471 e. The van der Waals surface area contributed by atoms with Gasteiger partial charge in [0.15, 0.2) is 0 Å². The van der Waals surface area contributed by atoms with Gasteiger partial charge < -0.3 is 10.1 Å². The molecule has 0 atom stereocenters. The van der Waals surface area contributed by atoms with Crippen molar-refractivity contribution in [3.05, 3.63) is 10.9 Å². The normalized spacial score (nSPS) is 11.8. The van der Waals surface area contributed by atoms with Gasteiger partial charge in [-0.25, -0.2) is 4.98 Å². The van der Waals surface area contributed by atoms with Gasteiger partial charge in [-0.3, -0.25) is 0 Å². The van der Waals surface area contributed by atoms with Crippen LogP contribution >= 0.6 is 11.3 Å². The van der Waals surface area contributed by atoms with E-state index in [4.69, 9.17) is 4.74 Å². The monoisotopic (exact) mass is 251 g/mol. The van der Waals surface area contributed by atoms with Crippen molar-refractivity contribution in [2.45, 2.75) is 33.3 Å². The quantitative estimate of drug-likeness (QED) is 0.890. The second-order valence-corrected chi connectivity index (χ2v) is 6.13. The van der Waals surface area contributed by atoms with Gasteiger partial charge in [-0.2, -0.15) is 4.98 Å². The van der Waals surface area contributed by atoms with Crippen LogP contribution in [0.25, 0.3) is 10.2 Å². The standard InChI is InChI=1S/C12H17N3OS/c1-7-6-8-9(16-12(2,3)4)14-11(13-5)15-10(8)17-7/h6H,1-5H3,(H,13,14,15). The molecular weight excluding hydrogens is 234 g/mol. The highest BCUT2D eigenvalue weighted by Crippen LogP contribution is 2.32. The Morgan fingerprint density at radius 3 is 2.59 bits per heavy atom. The highest BCUT2D eigenvalue weighted by Gasteiger charge is 2.17. The summed E-state index contributed by atoms with van der Waals surface area (Å²) in [5.74, 6) is 1.25. The number of thiophene rings is 1. The van der Waals surface area contributed by atoms with Gasteiger partial charge in [-0.15, -0.1) is 11.3 Å². The highest BCUT2D eigenvalue weighted by molar-refractivity contribution is 7.18. The Balaban J connectivity index is 2.58. The van der Waals surface area contributed by atoms with Crippen LogP contribution in [0.1, 0.15) is 25.6 Å². The van der Waals surface area contributed by atoms with Crippen molar-refractivity contribution in [1.82, 2.24) is 9.97 Å². The Morgan fingerprint density at radius 1 is 1.29 bits per heavy atom. The molecule has 0 saturated heterocycles. The number of aryl methyl sites for hydroxylation is 1. The molecule has 2 aromatic heterocycles. The second-order valence-electron chi connectivity index (χ2n) is 4.89. The van der Waals surface area contributed by atoms with E-state index in [9.17, 15) is 0 Å². The van der Waals surface area contributed by atoms with Gasteiger partial charge in [0.25, 0.3) is 0 Å². The van der Waals surface area contributed by atoms with E-state index in [1.165, 1.54) is 4.88 Å². The van der Waals surface area contributed by atoms with Gasteiger partial charge in [0, 0.05) is 11.9 Å². The molecule has 0 saturated carbocycles. The Morgan fingerprint density at radius 2 is 2.00 bits per heavy atom. The lowest BCUT2D eigenvalue weighted by atomic mass is 10.2.